The van der Waals surface area contributed by atoms with Crippen molar-refractivity contribution < 1.29 is 22.8 Å². The zero-order chi connectivity index (χ0) is 23.9. The first kappa shape index (κ1) is 22.7. The molecule has 3 fully saturated rings. The Bertz CT molecular complexity index is 1230. The lowest BCUT2D eigenvalue weighted by molar-refractivity contribution is -0.137. The van der Waals surface area contributed by atoms with Crippen molar-refractivity contribution in [3.8, 4) is 0 Å². The summed E-state index contributed by atoms with van der Waals surface area (Å²) in [4.78, 5) is 28.1. The van der Waals surface area contributed by atoms with Crippen molar-refractivity contribution in [3.05, 3.63) is 59.0 Å². The van der Waals surface area contributed by atoms with Crippen LogP contribution in [0.3, 0.4) is 0 Å². The minimum absolute atomic E-state index is 0.0382. The molecule has 2 aromatic carbocycles. The summed E-state index contributed by atoms with van der Waals surface area (Å²) in [5, 5.41) is 9.12. The van der Waals surface area contributed by atoms with Gasteiger partial charge < -0.3 is 20.9 Å². The number of urea groups is 1. The van der Waals surface area contributed by atoms with Crippen LogP contribution in [-0.4, -0.2) is 42.5 Å². The Morgan fingerprint density at radius 2 is 1.71 bits per heavy atom. The maximum absolute atomic E-state index is 12.9. The van der Waals surface area contributed by atoms with Gasteiger partial charge in [0.15, 0.2) is 0 Å². The van der Waals surface area contributed by atoms with Crippen LogP contribution in [0.2, 0.25) is 0 Å². The van der Waals surface area contributed by atoms with E-state index < -0.39 is 17.8 Å². The Morgan fingerprint density at radius 1 is 0.971 bits per heavy atom. The van der Waals surface area contributed by atoms with Gasteiger partial charge in [0.05, 0.1) is 10.4 Å². The highest BCUT2D eigenvalue weighted by atomic mass is 32.1. The third-order valence-corrected chi connectivity index (χ3v) is 7.52. The molecule has 3 N–H and O–H groups in total. The zero-order valence-electron chi connectivity index (χ0n) is 18.1. The fourth-order valence-electron chi connectivity index (χ4n) is 4.66. The molecule has 3 saturated heterocycles. The van der Waals surface area contributed by atoms with Crippen LogP contribution in [0.1, 0.15) is 28.1 Å². The smallest absolute Gasteiger partial charge is 0.347 e. The van der Waals surface area contributed by atoms with E-state index in [4.69, 9.17) is 0 Å². The van der Waals surface area contributed by atoms with Crippen molar-refractivity contribution >= 4 is 44.7 Å². The highest BCUT2D eigenvalue weighted by molar-refractivity contribution is 7.20. The molecule has 178 valence electrons. The molecular formula is C24H23F3N4O2S. The number of thiophene rings is 1. The van der Waals surface area contributed by atoms with E-state index in [2.05, 4.69) is 20.9 Å². The van der Waals surface area contributed by atoms with E-state index >= 15 is 0 Å². The van der Waals surface area contributed by atoms with Gasteiger partial charge in [-0.2, -0.15) is 13.2 Å². The minimum atomic E-state index is -4.49. The van der Waals surface area contributed by atoms with Gasteiger partial charge in [-0.15, -0.1) is 11.3 Å². The molecule has 0 radical (unpaired) electrons. The molecule has 3 aliphatic heterocycles. The lowest BCUT2D eigenvalue weighted by atomic mass is 9.84. The number of benzene rings is 2. The van der Waals surface area contributed by atoms with E-state index in [1.165, 1.54) is 23.5 Å². The van der Waals surface area contributed by atoms with Gasteiger partial charge in [0, 0.05) is 28.7 Å². The molecule has 34 heavy (non-hydrogen) atoms. The number of nitrogens with zero attached hydrogens (tertiary/aromatic N) is 1. The molecule has 3 amide bonds. The number of nitrogens with one attached hydrogen (secondary N) is 3. The first-order valence-corrected chi connectivity index (χ1v) is 11.9. The van der Waals surface area contributed by atoms with Gasteiger partial charge in [-0.3, -0.25) is 4.79 Å². The molecule has 0 unspecified atom stereocenters. The molecule has 0 spiro atoms. The normalized spacial score (nSPS) is 21.9. The number of halogens is 3. The van der Waals surface area contributed by atoms with E-state index in [9.17, 15) is 22.8 Å². The first-order valence-electron chi connectivity index (χ1n) is 11.1. The second kappa shape index (κ2) is 8.92. The van der Waals surface area contributed by atoms with Crippen LogP contribution in [-0.2, 0) is 6.18 Å². The SMILES string of the molecule is O=C(Nc1cccc(C(F)(F)F)c1)Nc1ccc2cc(C(=O)N[C@H]3CN4CCC3CC4)sc2c1. The lowest BCUT2D eigenvalue weighted by Crippen LogP contribution is -2.57. The second-order valence-corrected chi connectivity index (χ2v) is 9.82. The predicted molar refractivity (Wildman–Crippen MR) is 126 cm³/mol. The first-order chi connectivity index (χ1) is 16.2. The highest BCUT2D eigenvalue weighted by Gasteiger charge is 2.35. The van der Waals surface area contributed by atoms with Crippen LogP contribution in [0, 0.1) is 5.92 Å². The van der Waals surface area contributed by atoms with Gasteiger partial charge in [-0.25, -0.2) is 4.79 Å². The summed E-state index contributed by atoms with van der Waals surface area (Å²) in [7, 11) is 0. The molecule has 2 bridgehead atoms. The van der Waals surface area contributed by atoms with Crippen LogP contribution in [0.5, 0.6) is 0 Å². The number of alkyl halides is 3. The minimum Gasteiger partial charge on any atom is -0.347 e. The number of hydrogen-bond acceptors (Lipinski definition) is 4. The summed E-state index contributed by atoms with van der Waals surface area (Å²) in [5.74, 6) is 0.450. The number of anilines is 2. The second-order valence-electron chi connectivity index (χ2n) is 8.74. The van der Waals surface area contributed by atoms with E-state index in [-0.39, 0.29) is 17.6 Å². The van der Waals surface area contributed by atoms with Crippen LogP contribution in [0.15, 0.2) is 48.5 Å². The third-order valence-electron chi connectivity index (χ3n) is 6.42. The molecule has 10 heteroatoms. The number of amides is 3. The van der Waals surface area contributed by atoms with Crippen molar-refractivity contribution in [3.63, 3.8) is 0 Å². The van der Waals surface area contributed by atoms with Crippen molar-refractivity contribution in [2.75, 3.05) is 30.3 Å². The quantitative estimate of drug-likeness (QED) is 0.461. The Morgan fingerprint density at radius 3 is 2.38 bits per heavy atom. The molecule has 1 atom stereocenters. The Labute approximate surface area is 198 Å². The average Bonchev–Trinajstić information content (AvgIpc) is 3.23. The van der Waals surface area contributed by atoms with Gasteiger partial charge in [-0.05, 0) is 73.6 Å². The Hall–Kier alpha value is -3.11. The van der Waals surface area contributed by atoms with Crippen molar-refractivity contribution in [1.29, 1.82) is 0 Å². The number of carbonyl (C=O) groups excluding carboxylic acids is 2. The summed E-state index contributed by atoms with van der Waals surface area (Å²) in [6.45, 7) is 3.12. The molecule has 0 aliphatic carbocycles. The standard InChI is InChI=1S/C24H23F3N4O2S/c25-24(26,27)16-2-1-3-17(11-16)28-23(33)29-18-5-4-15-10-21(34-20(15)12-18)22(32)30-19-13-31-8-6-14(19)7-9-31/h1-5,10-12,14,19H,6-9,13H2,(H,30,32)(H2,28,29,33)/t19-/m0/s1. The van der Waals surface area contributed by atoms with Gasteiger partial charge in [-0.1, -0.05) is 12.1 Å². The molecule has 0 saturated carbocycles. The maximum atomic E-state index is 12.9. The summed E-state index contributed by atoms with van der Waals surface area (Å²) >= 11 is 1.34. The largest absolute Gasteiger partial charge is 0.416 e. The molecular weight excluding hydrogens is 465 g/mol. The van der Waals surface area contributed by atoms with Crippen LogP contribution in [0.4, 0.5) is 29.3 Å². The summed E-state index contributed by atoms with van der Waals surface area (Å²) in [6.07, 6.45) is -2.25. The topological polar surface area (TPSA) is 73.5 Å². The van der Waals surface area contributed by atoms with Crippen molar-refractivity contribution in [2.24, 2.45) is 5.92 Å². The van der Waals surface area contributed by atoms with E-state index in [0.717, 1.165) is 54.7 Å². The molecule has 3 aromatic rings. The monoisotopic (exact) mass is 488 g/mol. The third kappa shape index (κ3) is 4.88. The number of fused-ring (bicyclic) bond motifs is 4. The Balaban J connectivity index is 1.24. The van der Waals surface area contributed by atoms with Crippen molar-refractivity contribution in [2.45, 2.75) is 25.1 Å². The Kier molecular flexibility index (Phi) is 5.95. The number of hydrogen-bond donors (Lipinski definition) is 3. The van der Waals surface area contributed by atoms with Crippen LogP contribution < -0.4 is 16.0 Å². The molecule has 4 heterocycles. The number of piperidine rings is 3. The maximum Gasteiger partial charge on any atom is 0.416 e. The van der Waals surface area contributed by atoms with E-state index in [1.807, 2.05) is 6.07 Å². The summed E-state index contributed by atoms with van der Waals surface area (Å²) < 4.78 is 39.4. The summed E-state index contributed by atoms with van der Waals surface area (Å²) in [6, 6.07) is 11.0. The number of carbonyl (C=O) groups is 2. The predicted octanol–water partition coefficient (Wildman–Crippen LogP) is 5.39. The highest BCUT2D eigenvalue weighted by Crippen LogP contribution is 2.32. The fraction of sp³-hybridized carbons (Fsp3) is 0.333. The van der Waals surface area contributed by atoms with Gasteiger partial charge in [0.1, 0.15) is 0 Å². The molecule has 3 aliphatic rings. The van der Waals surface area contributed by atoms with Gasteiger partial charge in [0.25, 0.3) is 5.91 Å². The fourth-order valence-corrected chi connectivity index (χ4v) is 5.66. The van der Waals surface area contributed by atoms with E-state index in [0.29, 0.717) is 16.5 Å². The van der Waals surface area contributed by atoms with Crippen LogP contribution in [0.25, 0.3) is 10.1 Å². The summed E-state index contributed by atoms with van der Waals surface area (Å²) in [5.41, 5.74) is -0.325. The van der Waals surface area contributed by atoms with Crippen LogP contribution >= 0.6 is 11.3 Å². The van der Waals surface area contributed by atoms with E-state index in [1.54, 1.807) is 18.2 Å². The number of rotatable bonds is 4. The van der Waals surface area contributed by atoms with Gasteiger partial charge in [0.2, 0.25) is 0 Å². The zero-order valence-corrected chi connectivity index (χ0v) is 18.9. The lowest BCUT2D eigenvalue weighted by Gasteiger charge is -2.44. The molecule has 6 nitrogen and oxygen atoms in total. The van der Waals surface area contributed by atoms with Gasteiger partial charge >= 0.3 is 12.2 Å². The molecule has 6 rings (SSSR count). The molecule has 1 aromatic heterocycles. The van der Waals surface area contributed by atoms with Crippen molar-refractivity contribution in [1.82, 2.24) is 10.2 Å². The average molecular weight is 489 g/mol.